The molecule has 6 heteroatoms. The molecule has 30 heavy (non-hydrogen) atoms. The minimum atomic E-state index is -0.129. The number of benzene rings is 2. The Morgan fingerprint density at radius 3 is 2.23 bits per heavy atom. The van der Waals surface area contributed by atoms with E-state index >= 15 is 0 Å². The average molecular weight is 408 g/mol. The van der Waals surface area contributed by atoms with Gasteiger partial charge in [0.05, 0.1) is 0 Å². The van der Waals surface area contributed by atoms with Crippen LogP contribution in [-0.2, 0) is 5.41 Å². The number of carbonyl (C=O) groups is 2. The van der Waals surface area contributed by atoms with Crippen molar-refractivity contribution in [1.29, 1.82) is 0 Å². The summed E-state index contributed by atoms with van der Waals surface area (Å²) >= 11 is 0. The molecular formula is C24H28N2O4. The summed E-state index contributed by atoms with van der Waals surface area (Å²) in [6, 6.07) is 13.1. The second-order valence-corrected chi connectivity index (χ2v) is 8.94. The number of rotatable bonds is 3. The van der Waals surface area contributed by atoms with Crippen LogP contribution in [-0.4, -0.2) is 42.6 Å². The molecule has 0 aliphatic carbocycles. The van der Waals surface area contributed by atoms with Gasteiger partial charge in [-0.05, 0) is 54.2 Å². The van der Waals surface area contributed by atoms with Crippen LogP contribution < -0.4 is 14.8 Å². The molecule has 0 atom stereocenters. The molecule has 2 aliphatic rings. The maximum atomic E-state index is 12.8. The number of ether oxygens (including phenoxy) is 2. The van der Waals surface area contributed by atoms with E-state index in [0.717, 1.165) is 12.8 Å². The molecule has 0 saturated carbocycles. The number of nitrogens with one attached hydrogen (secondary N) is 1. The zero-order chi connectivity index (χ0) is 21.3. The Kier molecular flexibility index (Phi) is 5.41. The summed E-state index contributed by atoms with van der Waals surface area (Å²) < 4.78 is 10.6. The molecule has 0 unspecified atom stereocenters. The molecule has 2 heterocycles. The molecule has 0 aromatic heterocycles. The third-order valence-electron chi connectivity index (χ3n) is 5.75. The molecule has 2 aromatic carbocycles. The van der Waals surface area contributed by atoms with E-state index in [0.29, 0.717) is 35.7 Å². The minimum Gasteiger partial charge on any atom is -0.454 e. The molecule has 1 fully saturated rings. The lowest BCUT2D eigenvalue weighted by Crippen LogP contribution is -2.46. The van der Waals surface area contributed by atoms with Crippen LogP contribution in [0, 0.1) is 0 Å². The third-order valence-corrected chi connectivity index (χ3v) is 5.75. The topological polar surface area (TPSA) is 67.9 Å². The molecular weight excluding hydrogens is 380 g/mol. The molecule has 6 nitrogen and oxygen atoms in total. The lowest BCUT2D eigenvalue weighted by atomic mass is 9.86. The van der Waals surface area contributed by atoms with Gasteiger partial charge in [0.1, 0.15) is 0 Å². The number of hydrogen-bond donors (Lipinski definition) is 1. The largest absolute Gasteiger partial charge is 0.454 e. The van der Waals surface area contributed by atoms with Crippen LogP contribution >= 0.6 is 0 Å². The van der Waals surface area contributed by atoms with Crippen molar-refractivity contribution in [2.45, 2.75) is 45.1 Å². The number of fused-ring (bicyclic) bond motifs is 1. The second-order valence-electron chi connectivity index (χ2n) is 8.94. The quantitative estimate of drug-likeness (QED) is 0.840. The zero-order valence-corrected chi connectivity index (χ0v) is 17.7. The van der Waals surface area contributed by atoms with Crippen molar-refractivity contribution in [3.63, 3.8) is 0 Å². The van der Waals surface area contributed by atoms with Gasteiger partial charge in [0, 0.05) is 30.3 Å². The fourth-order valence-corrected chi connectivity index (χ4v) is 3.83. The minimum absolute atomic E-state index is 0.0511. The van der Waals surface area contributed by atoms with E-state index in [2.05, 4.69) is 26.1 Å². The van der Waals surface area contributed by atoms with Crippen LogP contribution in [0.2, 0.25) is 0 Å². The molecule has 4 rings (SSSR count). The molecule has 2 aromatic rings. The van der Waals surface area contributed by atoms with E-state index in [1.165, 1.54) is 5.56 Å². The summed E-state index contributed by atoms with van der Waals surface area (Å²) in [4.78, 5) is 27.3. The molecule has 0 radical (unpaired) electrons. The molecule has 158 valence electrons. The highest BCUT2D eigenvalue weighted by Gasteiger charge is 2.26. The predicted octanol–water partition coefficient (Wildman–Crippen LogP) is 3.75. The van der Waals surface area contributed by atoms with Crippen LogP contribution in [0.1, 0.15) is 59.9 Å². The van der Waals surface area contributed by atoms with E-state index in [1.54, 1.807) is 18.2 Å². The summed E-state index contributed by atoms with van der Waals surface area (Å²) in [7, 11) is 0. The van der Waals surface area contributed by atoms with Crippen molar-refractivity contribution in [2.75, 3.05) is 19.9 Å². The first-order valence-electron chi connectivity index (χ1n) is 10.4. The maximum Gasteiger partial charge on any atom is 0.253 e. The third kappa shape index (κ3) is 4.27. The van der Waals surface area contributed by atoms with Gasteiger partial charge in [0.25, 0.3) is 11.8 Å². The van der Waals surface area contributed by atoms with Gasteiger partial charge in [-0.25, -0.2) is 0 Å². The molecule has 2 aliphatic heterocycles. The Bertz CT molecular complexity index is 939. The van der Waals surface area contributed by atoms with E-state index in [1.807, 2.05) is 29.2 Å². The Morgan fingerprint density at radius 1 is 0.933 bits per heavy atom. The predicted molar refractivity (Wildman–Crippen MR) is 114 cm³/mol. The van der Waals surface area contributed by atoms with Crippen molar-refractivity contribution in [1.82, 2.24) is 10.2 Å². The zero-order valence-electron chi connectivity index (χ0n) is 17.7. The van der Waals surface area contributed by atoms with Crippen molar-refractivity contribution < 1.29 is 19.1 Å². The Balaban J connectivity index is 1.31. The van der Waals surface area contributed by atoms with Crippen molar-refractivity contribution in [2.24, 2.45) is 0 Å². The van der Waals surface area contributed by atoms with Gasteiger partial charge in [0.2, 0.25) is 6.79 Å². The molecule has 0 spiro atoms. The fourth-order valence-electron chi connectivity index (χ4n) is 3.83. The standard InChI is InChI=1S/C24H28N2O4/c1-24(2,3)18-7-4-16(5-8-18)23(28)26-12-10-19(11-13-26)25-22(27)17-6-9-20-21(14-17)30-15-29-20/h4-9,14,19H,10-13,15H2,1-3H3,(H,25,27). The molecule has 2 amide bonds. The van der Waals surface area contributed by atoms with E-state index in [-0.39, 0.29) is 30.1 Å². The number of nitrogens with zero attached hydrogens (tertiary/aromatic N) is 1. The first-order valence-corrected chi connectivity index (χ1v) is 10.4. The second kappa shape index (κ2) is 8.01. The highest BCUT2D eigenvalue weighted by atomic mass is 16.7. The lowest BCUT2D eigenvalue weighted by molar-refractivity contribution is 0.0698. The number of hydrogen-bond acceptors (Lipinski definition) is 4. The summed E-state index contributed by atoms with van der Waals surface area (Å²) in [6.07, 6.45) is 1.48. The van der Waals surface area contributed by atoms with Gasteiger partial charge in [0.15, 0.2) is 11.5 Å². The fraction of sp³-hybridized carbons (Fsp3) is 0.417. The number of carbonyl (C=O) groups excluding carboxylic acids is 2. The molecule has 0 bridgehead atoms. The first-order chi connectivity index (χ1) is 14.3. The van der Waals surface area contributed by atoms with Crippen LogP contribution in [0.4, 0.5) is 0 Å². The smallest absolute Gasteiger partial charge is 0.253 e. The highest BCUT2D eigenvalue weighted by Crippen LogP contribution is 2.32. The number of amides is 2. The van der Waals surface area contributed by atoms with E-state index in [4.69, 9.17) is 9.47 Å². The van der Waals surface area contributed by atoms with Gasteiger partial charge in [-0.15, -0.1) is 0 Å². The normalized spacial score (nSPS) is 16.4. The van der Waals surface area contributed by atoms with Gasteiger partial charge in [-0.2, -0.15) is 0 Å². The summed E-state index contributed by atoms with van der Waals surface area (Å²) in [5.41, 5.74) is 2.54. The maximum absolute atomic E-state index is 12.8. The Morgan fingerprint density at radius 2 is 1.57 bits per heavy atom. The summed E-state index contributed by atoms with van der Waals surface area (Å²) in [5, 5.41) is 3.08. The van der Waals surface area contributed by atoms with Crippen LogP contribution in [0.5, 0.6) is 11.5 Å². The molecule has 1 saturated heterocycles. The highest BCUT2D eigenvalue weighted by molar-refractivity contribution is 5.95. The lowest BCUT2D eigenvalue weighted by Gasteiger charge is -2.32. The SMILES string of the molecule is CC(C)(C)c1ccc(C(=O)N2CCC(NC(=O)c3ccc4c(c3)OCO4)CC2)cc1. The Hall–Kier alpha value is -3.02. The number of likely N-dealkylation sites (tertiary alicyclic amines) is 1. The van der Waals surface area contributed by atoms with Crippen molar-refractivity contribution >= 4 is 11.8 Å². The van der Waals surface area contributed by atoms with Crippen LogP contribution in [0.25, 0.3) is 0 Å². The summed E-state index contributed by atoms with van der Waals surface area (Å²) in [5.74, 6) is 1.18. The van der Waals surface area contributed by atoms with Crippen LogP contribution in [0.15, 0.2) is 42.5 Å². The summed E-state index contributed by atoms with van der Waals surface area (Å²) in [6.45, 7) is 7.93. The molecule has 1 N–H and O–H groups in total. The van der Waals surface area contributed by atoms with Gasteiger partial charge in [-0.1, -0.05) is 32.9 Å². The van der Waals surface area contributed by atoms with Gasteiger partial charge in [-0.3, -0.25) is 9.59 Å². The van der Waals surface area contributed by atoms with Gasteiger partial charge < -0.3 is 19.7 Å². The van der Waals surface area contributed by atoms with Crippen molar-refractivity contribution in [3.05, 3.63) is 59.2 Å². The van der Waals surface area contributed by atoms with Crippen molar-refractivity contribution in [3.8, 4) is 11.5 Å². The first kappa shape index (κ1) is 20.3. The Labute approximate surface area is 177 Å². The van der Waals surface area contributed by atoms with Crippen LogP contribution in [0.3, 0.4) is 0 Å². The monoisotopic (exact) mass is 408 g/mol. The van der Waals surface area contributed by atoms with Gasteiger partial charge >= 0.3 is 0 Å². The van der Waals surface area contributed by atoms with E-state index < -0.39 is 0 Å². The van der Waals surface area contributed by atoms with E-state index in [9.17, 15) is 9.59 Å². The average Bonchev–Trinajstić information content (AvgIpc) is 3.21. The number of piperidine rings is 1.